The van der Waals surface area contributed by atoms with Gasteiger partial charge in [-0.1, -0.05) is 41.7 Å². The molecule has 2 aliphatic rings. The van der Waals surface area contributed by atoms with Crippen molar-refractivity contribution < 1.29 is 9.53 Å². The van der Waals surface area contributed by atoms with E-state index in [1.54, 1.807) is 11.3 Å². The average Bonchev–Trinajstić information content (AvgIpc) is 3.39. The molecule has 0 spiro atoms. The maximum Gasteiger partial charge on any atom is 0.255 e. The van der Waals surface area contributed by atoms with Crippen LogP contribution in [0.4, 0.5) is 10.8 Å². The Morgan fingerprint density at radius 2 is 2.00 bits per heavy atom. The van der Waals surface area contributed by atoms with Gasteiger partial charge in [0, 0.05) is 24.2 Å². The number of rotatable bonds is 4. The number of hydrogen-bond acceptors (Lipinski definition) is 5. The van der Waals surface area contributed by atoms with Gasteiger partial charge in [-0.3, -0.25) is 4.79 Å². The molecule has 3 aromatic carbocycles. The molecule has 1 amide bonds. The Hall–Kier alpha value is -3.38. The first-order chi connectivity index (χ1) is 15.2. The summed E-state index contributed by atoms with van der Waals surface area (Å²) in [5, 5.41) is 4.05. The second-order valence-corrected chi connectivity index (χ2v) is 8.97. The second kappa shape index (κ2) is 7.39. The van der Waals surface area contributed by atoms with Crippen molar-refractivity contribution in [3.05, 3.63) is 83.4 Å². The van der Waals surface area contributed by atoms with E-state index in [0.29, 0.717) is 18.2 Å². The standard InChI is InChI=1S/C25H21N3O2S/c29-24(18-6-8-22-17(14-18)11-13-30-22)26-19-7-9-23-20(15-19)27-25(31-23)28-12-10-21(28)16-4-2-1-3-5-16/h1-9,14-15,21H,10-13H2,(H,26,29). The van der Waals surface area contributed by atoms with Crippen LogP contribution in [0, 0.1) is 0 Å². The number of hydrogen-bond donors (Lipinski definition) is 1. The number of aromatic nitrogens is 1. The molecule has 0 saturated carbocycles. The highest BCUT2D eigenvalue weighted by Gasteiger charge is 2.31. The van der Waals surface area contributed by atoms with E-state index in [0.717, 1.165) is 51.7 Å². The van der Waals surface area contributed by atoms with Gasteiger partial charge in [-0.15, -0.1) is 0 Å². The number of thiazole rings is 1. The predicted molar refractivity (Wildman–Crippen MR) is 124 cm³/mol. The lowest BCUT2D eigenvalue weighted by Crippen LogP contribution is -2.40. The maximum atomic E-state index is 12.7. The summed E-state index contributed by atoms with van der Waals surface area (Å²) < 4.78 is 6.65. The molecule has 1 N–H and O–H groups in total. The zero-order chi connectivity index (χ0) is 20.8. The molecule has 31 heavy (non-hydrogen) atoms. The van der Waals surface area contributed by atoms with Crippen LogP contribution in [0.5, 0.6) is 5.75 Å². The Labute approximate surface area is 184 Å². The van der Waals surface area contributed by atoms with Gasteiger partial charge in [0.05, 0.1) is 22.9 Å². The summed E-state index contributed by atoms with van der Waals surface area (Å²) in [7, 11) is 0. The molecule has 154 valence electrons. The summed E-state index contributed by atoms with van der Waals surface area (Å²) >= 11 is 1.71. The van der Waals surface area contributed by atoms with Crippen LogP contribution in [0.25, 0.3) is 10.2 Å². The van der Waals surface area contributed by atoms with E-state index in [4.69, 9.17) is 9.72 Å². The van der Waals surface area contributed by atoms with Crippen molar-refractivity contribution in [3.8, 4) is 5.75 Å². The van der Waals surface area contributed by atoms with Gasteiger partial charge < -0.3 is 15.0 Å². The quantitative estimate of drug-likeness (QED) is 0.472. The van der Waals surface area contributed by atoms with Crippen LogP contribution in [0.15, 0.2) is 66.7 Å². The third-order valence-electron chi connectivity index (χ3n) is 6.04. The van der Waals surface area contributed by atoms with E-state index in [1.807, 2.05) is 36.4 Å². The molecule has 5 nitrogen and oxygen atoms in total. The van der Waals surface area contributed by atoms with Crippen molar-refractivity contribution in [3.63, 3.8) is 0 Å². The first kappa shape index (κ1) is 18.4. The number of anilines is 2. The number of nitrogens with one attached hydrogen (secondary N) is 1. The molecule has 6 rings (SSSR count). The van der Waals surface area contributed by atoms with Gasteiger partial charge in [-0.2, -0.15) is 0 Å². The van der Waals surface area contributed by atoms with E-state index in [9.17, 15) is 4.79 Å². The van der Waals surface area contributed by atoms with Gasteiger partial charge >= 0.3 is 0 Å². The third kappa shape index (κ3) is 3.33. The lowest BCUT2D eigenvalue weighted by molar-refractivity contribution is 0.102. The smallest absolute Gasteiger partial charge is 0.255 e. The monoisotopic (exact) mass is 427 g/mol. The van der Waals surface area contributed by atoms with E-state index in [2.05, 4.69) is 40.5 Å². The molecule has 0 radical (unpaired) electrons. The molecule has 4 aromatic rings. The first-order valence-electron chi connectivity index (χ1n) is 10.5. The number of amides is 1. The topological polar surface area (TPSA) is 54.5 Å². The fourth-order valence-corrected chi connectivity index (χ4v) is 5.31. The highest BCUT2D eigenvalue weighted by Crippen LogP contribution is 2.41. The van der Waals surface area contributed by atoms with E-state index >= 15 is 0 Å². The molecule has 0 bridgehead atoms. The van der Waals surface area contributed by atoms with Crippen LogP contribution < -0.4 is 15.0 Å². The van der Waals surface area contributed by atoms with Crippen molar-refractivity contribution in [2.75, 3.05) is 23.4 Å². The van der Waals surface area contributed by atoms with Gasteiger partial charge in [-0.25, -0.2) is 4.98 Å². The van der Waals surface area contributed by atoms with Gasteiger partial charge in [0.2, 0.25) is 0 Å². The number of carbonyl (C=O) groups is 1. The van der Waals surface area contributed by atoms with Crippen LogP contribution in [-0.4, -0.2) is 24.0 Å². The van der Waals surface area contributed by atoms with Gasteiger partial charge in [0.25, 0.3) is 5.91 Å². The maximum absolute atomic E-state index is 12.7. The molecule has 0 aliphatic carbocycles. The largest absolute Gasteiger partial charge is 0.493 e. The minimum atomic E-state index is -0.114. The van der Waals surface area contributed by atoms with Crippen molar-refractivity contribution >= 4 is 38.3 Å². The minimum Gasteiger partial charge on any atom is -0.493 e. The van der Waals surface area contributed by atoms with Crippen molar-refractivity contribution in [2.45, 2.75) is 18.9 Å². The minimum absolute atomic E-state index is 0.114. The van der Waals surface area contributed by atoms with E-state index in [-0.39, 0.29) is 5.91 Å². The number of ether oxygens (including phenoxy) is 1. The molecule has 1 unspecified atom stereocenters. The molecular weight excluding hydrogens is 406 g/mol. The zero-order valence-corrected chi connectivity index (χ0v) is 17.7. The van der Waals surface area contributed by atoms with Crippen LogP contribution in [0.2, 0.25) is 0 Å². The molecule has 1 aromatic heterocycles. The lowest BCUT2D eigenvalue weighted by Gasteiger charge is -2.41. The normalized spacial score (nSPS) is 17.2. The van der Waals surface area contributed by atoms with Crippen LogP contribution in [0.1, 0.15) is 33.9 Å². The Morgan fingerprint density at radius 1 is 1.10 bits per heavy atom. The number of nitrogens with zero attached hydrogens (tertiary/aromatic N) is 2. The summed E-state index contributed by atoms with van der Waals surface area (Å²) in [6.07, 6.45) is 2.00. The van der Waals surface area contributed by atoms with Crippen molar-refractivity contribution in [1.82, 2.24) is 4.98 Å². The zero-order valence-electron chi connectivity index (χ0n) is 16.9. The summed E-state index contributed by atoms with van der Waals surface area (Å²) in [5.41, 5.74) is 4.75. The molecular formula is C25H21N3O2S. The fourth-order valence-electron chi connectivity index (χ4n) is 4.29. The van der Waals surface area contributed by atoms with Gasteiger partial charge in [0.15, 0.2) is 5.13 Å². The lowest BCUT2D eigenvalue weighted by atomic mass is 9.96. The SMILES string of the molecule is O=C(Nc1ccc2sc(N3CCC3c3ccccc3)nc2c1)c1ccc2c(c1)CCO2. The Morgan fingerprint density at radius 3 is 2.84 bits per heavy atom. The Bertz CT molecular complexity index is 1280. The summed E-state index contributed by atoms with van der Waals surface area (Å²) in [4.78, 5) is 20.0. The number of benzene rings is 3. The summed E-state index contributed by atoms with van der Waals surface area (Å²) in [5.74, 6) is 0.768. The Kier molecular flexibility index (Phi) is 4.39. The van der Waals surface area contributed by atoms with Crippen LogP contribution >= 0.6 is 11.3 Å². The van der Waals surface area contributed by atoms with E-state index in [1.165, 1.54) is 5.56 Å². The average molecular weight is 428 g/mol. The third-order valence-corrected chi connectivity index (χ3v) is 7.11. The van der Waals surface area contributed by atoms with Gasteiger partial charge in [0.1, 0.15) is 5.75 Å². The molecule has 1 atom stereocenters. The molecule has 1 saturated heterocycles. The molecule has 1 fully saturated rings. The number of fused-ring (bicyclic) bond motifs is 2. The molecule has 2 aliphatic heterocycles. The van der Waals surface area contributed by atoms with E-state index < -0.39 is 0 Å². The van der Waals surface area contributed by atoms with Crippen LogP contribution in [0.3, 0.4) is 0 Å². The van der Waals surface area contributed by atoms with Crippen LogP contribution in [-0.2, 0) is 6.42 Å². The first-order valence-corrected chi connectivity index (χ1v) is 11.4. The summed E-state index contributed by atoms with van der Waals surface area (Å²) in [6.45, 7) is 1.70. The molecule has 6 heteroatoms. The Balaban J connectivity index is 1.22. The number of carbonyl (C=O) groups excluding carboxylic acids is 1. The predicted octanol–water partition coefficient (Wildman–Crippen LogP) is 5.43. The highest BCUT2D eigenvalue weighted by atomic mass is 32.1. The fraction of sp³-hybridized carbons (Fsp3) is 0.200. The summed E-state index contributed by atoms with van der Waals surface area (Å²) in [6, 6.07) is 22.6. The molecule has 3 heterocycles. The van der Waals surface area contributed by atoms with Crippen molar-refractivity contribution in [1.29, 1.82) is 0 Å². The van der Waals surface area contributed by atoms with Crippen molar-refractivity contribution in [2.24, 2.45) is 0 Å². The highest BCUT2D eigenvalue weighted by molar-refractivity contribution is 7.22. The second-order valence-electron chi connectivity index (χ2n) is 7.96. The van der Waals surface area contributed by atoms with Gasteiger partial charge in [-0.05, 0) is 53.9 Å².